The topological polar surface area (TPSA) is 41.6 Å². The molecule has 2 aromatic rings. The minimum atomic E-state index is -0.526. The highest BCUT2D eigenvalue weighted by Crippen LogP contribution is 2.50. The van der Waals surface area contributed by atoms with Crippen molar-refractivity contribution in [3.8, 4) is 0 Å². The lowest BCUT2D eigenvalue weighted by atomic mass is 9.59. The number of nitrogens with one attached hydrogen (secondary N) is 1. The molecular weight excluding hydrogens is 348 g/mol. The maximum atomic E-state index is 13.5. The Morgan fingerprint density at radius 2 is 1.57 bits per heavy atom. The lowest BCUT2D eigenvalue weighted by Gasteiger charge is -2.60. The van der Waals surface area contributed by atoms with Gasteiger partial charge in [-0.2, -0.15) is 0 Å². The zero-order valence-electron chi connectivity index (χ0n) is 17.0. The van der Waals surface area contributed by atoms with E-state index in [0.717, 1.165) is 30.6 Å². The normalized spacial score (nSPS) is 20.4. The fraction of sp³-hybridized carbons (Fsp3) is 0.458. The van der Waals surface area contributed by atoms with E-state index in [0.29, 0.717) is 0 Å². The molecule has 1 N–H and O–H groups in total. The molecule has 1 unspecified atom stereocenters. The summed E-state index contributed by atoms with van der Waals surface area (Å²) < 4.78 is 5.91. The summed E-state index contributed by atoms with van der Waals surface area (Å²) in [7, 11) is 0. The Bertz CT molecular complexity index is 764. The lowest BCUT2D eigenvalue weighted by Crippen LogP contribution is -2.70. The summed E-state index contributed by atoms with van der Waals surface area (Å²) >= 11 is 0. The van der Waals surface area contributed by atoms with Crippen molar-refractivity contribution in [2.75, 3.05) is 13.1 Å². The van der Waals surface area contributed by atoms with Gasteiger partial charge in [-0.05, 0) is 44.7 Å². The molecule has 1 heterocycles. The van der Waals surface area contributed by atoms with Crippen LogP contribution in [-0.2, 0) is 4.74 Å². The average Bonchev–Trinajstić information content (AvgIpc) is 2.59. The lowest BCUT2D eigenvalue weighted by molar-refractivity contribution is -0.0798. The first-order chi connectivity index (χ1) is 13.4. The second-order valence-corrected chi connectivity index (χ2v) is 9.13. The Labute approximate surface area is 167 Å². The van der Waals surface area contributed by atoms with E-state index in [2.05, 4.69) is 29.6 Å². The number of rotatable bonds is 4. The van der Waals surface area contributed by atoms with Crippen LogP contribution >= 0.6 is 0 Å². The summed E-state index contributed by atoms with van der Waals surface area (Å²) in [5.74, 6) is 0. The molecule has 1 atom stereocenters. The first-order valence-corrected chi connectivity index (χ1v) is 10.2. The predicted octanol–water partition coefficient (Wildman–Crippen LogP) is 4.77. The highest BCUT2D eigenvalue weighted by atomic mass is 16.6. The zero-order valence-corrected chi connectivity index (χ0v) is 17.0. The molecule has 1 spiro atoms. The van der Waals surface area contributed by atoms with Gasteiger partial charge in [0.2, 0.25) is 0 Å². The van der Waals surface area contributed by atoms with Gasteiger partial charge in [-0.15, -0.1) is 0 Å². The van der Waals surface area contributed by atoms with Crippen LogP contribution in [0.3, 0.4) is 0 Å². The molecule has 0 bridgehead atoms. The first-order valence-electron chi connectivity index (χ1n) is 10.2. The monoisotopic (exact) mass is 378 g/mol. The first kappa shape index (κ1) is 19.0. The molecule has 0 radical (unpaired) electrons. The van der Waals surface area contributed by atoms with E-state index in [1.165, 1.54) is 6.42 Å². The van der Waals surface area contributed by atoms with Crippen molar-refractivity contribution in [2.24, 2.45) is 5.41 Å². The van der Waals surface area contributed by atoms with Crippen molar-refractivity contribution >= 4 is 6.09 Å². The van der Waals surface area contributed by atoms with E-state index >= 15 is 0 Å². The molecule has 1 aliphatic heterocycles. The summed E-state index contributed by atoms with van der Waals surface area (Å²) in [4.78, 5) is 15.5. The molecule has 1 saturated carbocycles. The average molecular weight is 379 g/mol. The third-order valence-electron chi connectivity index (χ3n) is 6.03. The number of ether oxygens (including phenoxy) is 1. The number of amides is 1. The molecule has 4 rings (SSSR count). The van der Waals surface area contributed by atoms with Crippen molar-refractivity contribution in [3.63, 3.8) is 0 Å². The van der Waals surface area contributed by atoms with Crippen molar-refractivity contribution in [3.05, 3.63) is 71.8 Å². The molecule has 1 aliphatic carbocycles. The largest absolute Gasteiger partial charge is 0.444 e. The van der Waals surface area contributed by atoms with Gasteiger partial charge in [0.25, 0.3) is 0 Å². The quantitative estimate of drug-likeness (QED) is 0.834. The third kappa shape index (κ3) is 3.53. The number of benzene rings is 2. The number of nitrogens with zero attached hydrogens (tertiary/aromatic N) is 1. The predicted molar refractivity (Wildman–Crippen MR) is 111 cm³/mol. The minimum absolute atomic E-state index is 0.153. The van der Waals surface area contributed by atoms with Gasteiger partial charge in [-0.1, -0.05) is 60.7 Å². The molecule has 2 aromatic carbocycles. The fourth-order valence-corrected chi connectivity index (χ4v) is 4.49. The molecule has 28 heavy (non-hydrogen) atoms. The molecule has 1 amide bonds. The highest BCUT2D eigenvalue weighted by molar-refractivity contribution is 5.70. The third-order valence-corrected chi connectivity index (χ3v) is 6.03. The SMILES string of the molecule is CC(C)(C)OC(=O)N(C(c1ccccc1)c1ccccc1)C1CCC12CNC2. The Balaban J connectivity index is 1.78. The summed E-state index contributed by atoms with van der Waals surface area (Å²) in [5, 5.41) is 3.42. The van der Waals surface area contributed by atoms with Gasteiger partial charge in [0.15, 0.2) is 0 Å². The second kappa shape index (κ2) is 7.25. The molecule has 4 heteroatoms. The van der Waals surface area contributed by atoms with Crippen LogP contribution in [0.5, 0.6) is 0 Å². The zero-order chi connectivity index (χ0) is 19.8. The van der Waals surface area contributed by atoms with Crippen LogP contribution in [0.1, 0.15) is 50.8 Å². The highest BCUT2D eigenvalue weighted by Gasteiger charge is 2.56. The van der Waals surface area contributed by atoms with Crippen LogP contribution < -0.4 is 5.32 Å². The van der Waals surface area contributed by atoms with E-state index in [-0.39, 0.29) is 23.6 Å². The van der Waals surface area contributed by atoms with Gasteiger partial charge in [0, 0.05) is 24.5 Å². The number of hydrogen-bond acceptors (Lipinski definition) is 3. The van der Waals surface area contributed by atoms with E-state index < -0.39 is 5.60 Å². The van der Waals surface area contributed by atoms with Crippen LogP contribution in [0, 0.1) is 5.41 Å². The number of hydrogen-bond donors (Lipinski definition) is 1. The Kier molecular flexibility index (Phi) is 4.92. The molecular formula is C24H30N2O2. The minimum Gasteiger partial charge on any atom is -0.444 e. The molecule has 2 aliphatic rings. The fourth-order valence-electron chi connectivity index (χ4n) is 4.49. The smallest absolute Gasteiger partial charge is 0.411 e. The summed E-state index contributed by atoms with van der Waals surface area (Å²) in [6.07, 6.45) is 1.97. The van der Waals surface area contributed by atoms with E-state index in [1.807, 2.05) is 62.1 Å². The molecule has 0 aromatic heterocycles. The molecule has 148 valence electrons. The summed E-state index contributed by atoms with van der Waals surface area (Å²) in [5.41, 5.74) is 1.91. The summed E-state index contributed by atoms with van der Waals surface area (Å²) in [6.45, 7) is 7.76. The molecule has 2 fully saturated rings. The van der Waals surface area contributed by atoms with Crippen LogP contribution in [0.4, 0.5) is 4.79 Å². The van der Waals surface area contributed by atoms with E-state index in [1.54, 1.807) is 0 Å². The van der Waals surface area contributed by atoms with Crippen LogP contribution in [0.15, 0.2) is 60.7 Å². The maximum Gasteiger partial charge on any atom is 0.411 e. The van der Waals surface area contributed by atoms with Gasteiger partial charge in [0.1, 0.15) is 5.60 Å². The summed E-state index contributed by atoms with van der Waals surface area (Å²) in [6, 6.07) is 20.7. The van der Waals surface area contributed by atoms with Crippen molar-refractivity contribution in [1.29, 1.82) is 0 Å². The van der Waals surface area contributed by atoms with E-state index in [4.69, 9.17) is 4.74 Å². The van der Waals surface area contributed by atoms with Crippen LogP contribution in [-0.4, -0.2) is 35.7 Å². The molecule has 1 saturated heterocycles. The second-order valence-electron chi connectivity index (χ2n) is 9.13. The van der Waals surface area contributed by atoms with Gasteiger partial charge < -0.3 is 10.1 Å². The number of carbonyl (C=O) groups excluding carboxylic acids is 1. The van der Waals surface area contributed by atoms with Gasteiger partial charge in [0.05, 0.1) is 6.04 Å². The van der Waals surface area contributed by atoms with Crippen LogP contribution in [0.25, 0.3) is 0 Å². The van der Waals surface area contributed by atoms with Gasteiger partial charge >= 0.3 is 6.09 Å². The van der Waals surface area contributed by atoms with Gasteiger partial charge in [-0.25, -0.2) is 4.79 Å². The van der Waals surface area contributed by atoms with Gasteiger partial charge in [-0.3, -0.25) is 4.90 Å². The van der Waals surface area contributed by atoms with Crippen molar-refractivity contribution in [1.82, 2.24) is 10.2 Å². The van der Waals surface area contributed by atoms with Crippen molar-refractivity contribution < 1.29 is 9.53 Å². The standard InChI is InChI=1S/C24H30N2O2/c1-23(2,3)28-22(27)26(20-14-15-24(20)16-25-17-24)21(18-10-6-4-7-11-18)19-12-8-5-9-13-19/h4-13,20-21,25H,14-17H2,1-3H3. The Morgan fingerprint density at radius 3 is 1.93 bits per heavy atom. The number of carbonyl (C=O) groups is 1. The Hall–Kier alpha value is -2.33. The molecule has 4 nitrogen and oxygen atoms in total. The van der Waals surface area contributed by atoms with E-state index in [9.17, 15) is 4.79 Å². The van der Waals surface area contributed by atoms with Crippen LogP contribution in [0.2, 0.25) is 0 Å². The Morgan fingerprint density at radius 1 is 1.04 bits per heavy atom. The maximum absolute atomic E-state index is 13.5. The van der Waals surface area contributed by atoms with Crippen molar-refractivity contribution in [2.45, 2.75) is 51.3 Å².